The molecule has 0 spiro atoms. The van der Waals surface area contributed by atoms with Gasteiger partial charge in [0.05, 0.1) is 11.4 Å². The number of nitrogens with two attached hydrogens (primary N) is 1. The van der Waals surface area contributed by atoms with E-state index in [-0.39, 0.29) is 12.5 Å². The lowest BCUT2D eigenvalue weighted by Crippen LogP contribution is -2.21. The largest absolute Gasteiger partial charge is 0.482 e. The summed E-state index contributed by atoms with van der Waals surface area (Å²) in [5.41, 5.74) is 6.89. The standard InChI is InChI=1S/C14H11Br3N2O2/c15-8-5-9(16)14(10(17)6-8)19-13(20)7-21-12-4-2-1-3-11(12)18/h1-6H,7,18H2,(H,19,20). The summed E-state index contributed by atoms with van der Waals surface area (Å²) in [6, 6.07) is 10.7. The van der Waals surface area contributed by atoms with Crippen LogP contribution in [0.15, 0.2) is 49.8 Å². The summed E-state index contributed by atoms with van der Waals surface area (Å²) in [5, 5.41) is 2.78. The second-order valence-corrected chi connectivity index (χ2v) is 6.74. The van der Waals surface area contributed by atoms with Crippen LogP contribution in [0.5, 0.6) is 5.75 Å². The number of hydrogen-bond acceptors (Lipinski definition) is 3. The van der Waals surface area contributed by atoms with Crippen LogP contribution in [0, 0.1) is 0 Å². The van der Waals surface area contributed by atoms with Crippen LogP contribution < -0.4 is 15.8 Å². The molecular formula is C14H11Br3N2O2. The third kappa shape index (κ3) is 4.46. The number of ether oxygens (including phenoxy) is 1. The Morgan fingerprint density at radius 2 is 1.76 bits per heavy atom. The Labute approximate surface area is 147 Å². The normalized spacial score (nSPS) is 10.2. The van der Waals surface area contributed by atoms with Gasteiger partial charge in [-0.05, 0) is 56.1 Å². The van der Waals surface area contributed by atoms with Gasteiger partial charge in [0.1, 0.15) is 5.75 Å². The molecule has 21 heavy (non-hydrogen) atoms. The van der Waals surface area contributed by atoms with Crippen LogP contribution in [0.2, 0.25) is 0 Å². The average molecular weight is 479 g/mol. The summed E-state index contributed by atoms with van der Waals surface area (Å²) in [7, 11) is 0. The van der Waals surface area contributed by atoms with E-state index >= 15 is 0 Å². The minimum atomic E-state index is -0.276. The molecule has 2 aromatic carbocycles. The number of carbonyl (C=O) groups is 1. The van der Waals surface area contributed by atoms with E-state index in [0.717, 1.165) is 13.4 Å². The molecule has 0 bridgehead atoms. The van der Waals surface area contributed by atoms with Crippen LogP contribution in [0.4, 0.5) is 11.4 Å². The molecule has 110 valence electrons. The molecule has 0 saturated heterocycles. The van der Waals surface area contributed by atoms with E-state index < -0.39 is 0 Å². The highest BCUT2D eigenvalue weighted by molar-refractivity contribution is 9.11. The van der Waals surface area contributed by atoms with Gasteiger partial charge in [-0.15, -0.1) is 0 Å². The number of nitrogen functional groups attached to an aromatic ring is 1. The van der Waals surface area contributed by atoms with Crippen molar-refractivity contribution in [3.63, 3.8) is 0 Å². The fourth-order valence-electron chi connectivity index (χ4n) is 1.59. The smallest absolute Gasteiger partial charge is 0.262 e. The number of rotatable bonds is 4. The van der Waals surface area contributed by atoms with Gasteiger partial charge in [0.15, 0.2) is 6.61 Å². The molecule has 0 aromatic heterocycles. The summed E-state index contributed by atoms with van der Waals surface area (Å²) in [6.07, 6.45) is 0. The van der Waals surface area contributed by atoms with Gasteiger partial charge in [-0.1, -0.05) is 28.1 Å². The third-order valence-electron chi connectivity index (χ3n) is 2.55. The second kappa shape index (κ2) is 7.29. The Kier molecular flexibility index (Phi) is 5.66. The third-order valence-corrected chi connectivity index (χ3v) is 4.26. The first-order valence-corrected chi connectivity index (χ1v) is 8.27. The molecule has 3 N–H and O–H groups in total. The molecule has 0 heterocycles. The van der Waals surface area contributed by atoms with Crippen LogP contribution in [0.25, 0.3) is 0 Å². The summed E-state index contributed by atoms with van der Waals surface area (Å²) in [5.74, 6) is 0.212. The van der Waals surface area contributed by atoms with Crippen LogP contribution in [-0.2, 0) is 4.79 Å². The van der Waals surface area contributed by atoms with Crippen molar-refractivity contribution in [1.29, 1.82) is 0 Å². The number of nitrogens with one attached hydrogen (secondary N) is 1. The lowest BCUT2D eigenvalue weighted by molar-refractivity contribution is -0.118. The van der Waals surface area contributed by atoms with Crippen LogP contribution in [-0.4, -0.2) is 12.5 Å². The van der Waals surface area contributed by atoms with Gasteiger partial charge in [0.25, 0.3) is 5.91 Å². The SMILES string of the molecule is Nc1ccccc1OCC(=O)Nc1c(Br)cc(Br)cc1Br. The van der Waals surface area contributed by atoms with Gasteiger partial charge in [-0.25, -0.2) is 0 Å². The quantitative estimate of drug-likeness (QED) is 0.632. The molecule has 0 fully saturated rings. The Morgan fingerprint density at radius 1 is 1.14 bits per heavy atom. The first-order valence-electron chi connectivity index (χ1n) is 5.89. The lowest BCUT2D eigenvalue weighted by atomic mass is 10.3. The zero-order chi connectivity index (χ0) is 15.4. The Hall–Kier alpha value is -1.05. The maximum Gasteiger partial charge on any atom is 0.262 e. The number of hydrogen-bond donors (Lipinski definition) is 2. The average Bonchev–Trinajstić information content (AvgIpc) is 2.42. The number of halogens is 3. The summed E-state index contributed by atoms with van der Waals surface area (Å²) in [4.78, 5) is 12.0. The number of carbonyl (C=O) groups excluding carboxylic acids is 1. The van der Waals surface area contributed by atoms with Gasteiger partial charge >= 0.3 is 0 Å². The molecule has 1 amide bonds. The van der Waals surface area contributed by atoms with Gasteiger partial charge in [-0.2, -0.15) is 0 Å². The summed E-state index contributed by atoms with van der Waals surface area (Å²) in [6.45, 7) is -0.122. The van der Waals surface area contributed by atoms with Crippen LogP contribution in [0.3, 0.4) is 0 Å². The Morgan fingerprint density at radius 3 is 2.38 bits per heavy atom. The van der Waals surface area contributed by atoms with Crippen LogP contribution >= 0.6 is 47.8 Å². The van der Waals surface area contributed by atoms with E-state index in [1.54, 1.807) is 24.3 Å². The van der Waals surface area contributed by atoms with Gasteiger partial charge in [0.2, 0.25) is 0 Å². The van der Waals surface area contributed by atoms with Crippen molar-refractivity contribution in [3.05, 3.63) is 49.8 Å². The van der Waals surface area contributed by atoms with Gasteiger partial charge in [0, 0.05) is 13.4 Å². The van der Waals surface area contributed by atoms with E-state index in [9.17, 15) is 4.79 Å². The maximum absolute atomic E-state index is 12.0. The zero-order valence-electron chi connectivity index (χ0n) is 10.7. The minimum Gasteiger partial charge on any atom is -0.482 e. The van der Waals surface area contributed by atoms with E-state index in [0.29, 0.717) is 17.1 Å². The molecule has 2 aromatic rings. The Bertz CT molecular complexity index is 654. The van der Waals surface area contributed by atoms with Crippen molar-refractivity contribution in [2.75, 3.05) is 17.7 Å². The second-order valence-electron chi connectivity index (χ2n) is 4.12. The maximum atomic E-state index is 12.0. The number of para-hydroxylation sites is 2. The molecule has 2 rings (SSSR count). The zero-order valence-corrected chi connectivity index (χ0v) is 15.5. The topological polar surface area (TPSA) is 64.3 Å². The predicted octanol–water partition coefficient (Wildman–Crippen LogP) is 4.57. The van der Waals surface area contributed by atoms with Gasteiger partial charge < -0.3 is 15.8 Å². The minimum absolute atomic E-state index is 0.122. The fourth-order valence-corrected chi connectivity index (χ4v) is 4.05. The highest BCUT2D eigenvalue weighted by Crippen LogP contribution is 2.34. The Balaban J connectivity index is 2.01. The van der Waals surface area contributed by atoms with E-state index in [4.69, 9.17) is 10.5 Å². The lowest BCUT2D eigenvalue weighted by Gasteiger charge is -2.12. The van der Waals surface area contributed by atoms with Gasteiger partial charge in [-0.3, -0.25) is 4.79 Å². The highest BCUT2D eigenvalue weighted by Gasteiger charge is 2.11. The van der Waals surface area contributed by atoms with E-state index in [1.165, 1.54) is 0 Å². The van der Waals surface area contributed by atoms with Crippen molar-refractivity contribution in [2.24, 2.45) is 0 Å². The van der Waals surface area contributed by atoms with Crippen LogP contribution in [0.1, 0.15) is 0 Å². The summed E-state index contributed by atoms with van der Waals surface area (Å²) < 4.78 is 7.81. The molecule has 0 radical (unpaired) electrons. The number of anilines is 2. The van der Waals surface area contributed by atoms with Crippen molar-refractivity contribution >= 4 is 65.1 Å². The molecule has 0 aliphatic rings. The van der Waals surface area contributed by atoms with E-state index in [1.807, 2.05) is 12.1 Å². The first kappa shape index (κ1) is 16.3. The number of benzene rings is 2. The number of amides is 1. The first-order chi connectivity index (χ1) is 9.97. The molecule has 0 unspecified atom stereocenters. The van der Waals surface area contributed by atoms with Crippen molar-refractivity contribution in [1.82, 2.24) is 0 Å². The molecular weight excluding hydrogens is 468 g/mol. The predicted molar refractivity (Wildman–Crippen MR) is 94.5 cm³/mol. The monoisotopic (exact) mass is 476 g/mol. The molecule has 0 saturated carbocycles. The summed E-state index contributed by atoms with van der Waals surface area (Å²) >= 11 is 10.2. The molecule has 0 atom stereocenters. The van der Waals surface area contributed by atoms with Crippen molar-refractivity contribution in [3.8, 4) is 5.75 Å². The van der Waals surface area contributed by atoms with Crippen molar-refractivity contribution < 1.29 is 9.53 Å². The molecule has 0 aliphatic heterocycles. The molecule has 4 nitrogen and oxygen atoms in total. The highest BCUT2D eigenvalue weighted by atomic mass is 79.9. The molecule has 0 aliphatic carbocycles. The van der Waals surface area contributed by atoms with E-state index in [2.05, 4.69) is 53.1 Å². The van der Waals surface area contributed by atoms with Crippen molar-refractivity contribution in [2.45, 2.75) is 0 Å². The molecule has 7 heteroatoms. The fraction of sp³-hybridized carbons (Fsp3) is 0.0714.